The molecule has 1 aromatic carbocycles. The SMILES string of the molecule is COC(=O)[C@H]1CC[C@H](c2nnc(-c3ccc(Cl)cc3)s2)CC1. The molecule has 4 nitrogen and oxygen atoms in total. The van der Waals surface area contributed by atoms with Gasteiger partial charge in [-0.05, 0) is 37.8 Å². The number of methoxy groups -OCH3 is 1. The number of benzene rings is 1. The molecule has 1 aromatic heterocycles. The number of esters is 1. The predicted molar refractivity (Wildman–Crippen MR) is 87.1 cm³/mol. The summed E-state index contributed by atoms with van der Waals surface area (Å²) < 4.78 is 4.83. The van der Waals surface area contributed by atoms with Gasteiger partial charge in [-0.25, -0.2) is 0 Å². The minimum absolute atomic E-state index is 0.0462. The fourth-order valence-corrected chi connectivity index (χ4v) is 4.00. The number of carbonyl (C=O) groups is 1. The zero-order valence-electron chi connectivity index (χ0n) is 12.3. The Morgan fingerprint density at radius 3 is 2.50 bits per heavy atom. The smallest absolute Gasteiger partial charge is 0.308 e. The van der Waals surface area contributed by atoms with E-state index in [9.17, 15) is 4.79 Å². The summed E-state index contributed by atoms with van der Waals surface area (Å²) in [6, 6.07) is 7.64. The number of hydrogen-bond acceptors (Lipinski definition) is 5. The van der Waals surface area contributed by atoms with Crippen molar-refractivity contribution in [1.82, 2.24) is 10.2 Å². The third kappa shape index (κ3) is 3.31. The van der Waals surface area contributed by atoms with Crippen LogP contribution < -0.4 is 0 Å². The Morgan fingerprint density at radius 2 is 1.86 bits per heavy atom. The highest BCUT2D eigenvalue weighted by Crippen LogP contribution is 2.38. The molecule has 0 saturated heterocycles. The lowest BCUT2D eigenvalue weighted by Crippen LogP contribution is -2.22. The van der Waals surface area contributed by atoms with Crippen molar-refractivity contribution in [2.75, 3.05) is 7.11 Å². The number of halogens is 1. The predicted octanol–water partition coefficient (Wildman–Crippen LogP) is 4.31. The molecular formula is C16H17ClN2O2S. The molecule has 22 heavy (non-hydrogen) atoms. The fourth-order valence-electron chi connectivity index (χ4n) is 2.85. The molecule has 0 unspecified atom stereocenters. The number of carbonyl (C=O) groups excluding carboxylic acids is 1. The standard InChI is InChI=1S/C16H17ClN2O2S/c1-21-16(20)12-4-2-10(3-5-12)14-18-19-15(22-14)11-6-8-13(17)9-7-11/h6-10,12H,2-5H2,1H3/t10-,12-. The summed E-state index contributed by atoms with van der Waals surface area (Å²) in [5.41, 5.74) is 1.04. The van der Waals surface area contributed by atoms with Crippen LogP contribution in [0.4, 0.5) is 0 Å². The average Bonchev–Trinajstić information content (AvgIpc) is 3.05. The van der Waals surface area contributed by atoms with Crippen molar-refractivity contribution in [1.29, 1.82) is 0 Å². The van der Waals surface area contributed by atoms with E-state index in [1.54, 1.807) is 11.3 Å². The first-order valence-electron chi connectivity index (χ1n) is 7.34. The van der Waals surface area contributed by atoms with Crippen LogP contribution in [0.25, 0.3) is 10.6 Å². The normalized spacial score (nSPS) is 21.5. The lowest BCUT2D eigenvalue weighted by atomic mass is 9.82. The second-order valence-corrected chi connectivity index (χ2v) is 6.97. The number of nitrogens with zero attached hydrogens (tertiary/aromatic N) is 2. The lowest BCUT2D eigenvalue weighted by Gasteiger charge is -2.25. The Bertz CT molecular complexity index is 648. The van der Waals surface area contributed by atoms with Gasteiger partial charge in [0.25, 0.3) is 0 Å². The minimum atomic E-state index is -0.0856. The fraction of sp³-hybridized carbons (Fsp3) is 0.438. The summed E-state index contributed by atoms with van der Waals surface area (Å²) in [5.74, 6) is 0.363. The van der Waals surface area contributed by atoms with Crippen LogP contribution in [0.5, 0.6) is 0 Å². The highest BCUT2D eigenvalue weighted by molar-refractivity contribution is 7.14. The van der Waals surface area contributed by atoms with Crippen molar-refractivity contribution in [3.63, 3.8) is 0 Å². The summed E-state index contributed by atoms with van der Waals surface area (Å²) in [4.78, 5) is 11.6. The van der Waals surface area contributed by atoms with Crippen LogP contribution in [0.3, 0.4) is 0 Å². The van der Waals surface area contributed by atoms with Gasteiger partial charge in [-0.1, -0.05) is 35.1 Å². The molecule has 0 atom stereocenters. The van der Waals surface area contributed by atoms with E-state index in [-0.39, 0.29) is 11.9 Å². The minimum Gasteiger partial charge on any atom is -0.469 e. The van der Waals surface area contributed by atoms with Crippen molar-refractivity contribution in [2.45, 2.75) is 31.6 Å². The van der Waals surface area contributed by atoms with Crippen LogP contribution in [-0.4, -0.2) is 23.3 Å². The Morgan fingerprint density at radius 1 is 1.18 bits per heavy atom. The summed E-state index contributed by atoms with van der Waals surface area (Å²) >= 11 is 7.54. The molecule has 0 spiro atoms. The molecule has 0 radical (unpaired) electrons. The molecule has 1 aliphatic rings. The van der Waals surface area contributed by atoms with E-state index >= 15 is 0 Å². The summed E-state index contributed by atoms with van der Waals surface area (Å²) in [6.07, 6.45) is 3.67. The van der Waals surface area contributed by atoms with E-state index in [1.165, 1.54) is 7.11 Å². The van der Waals surface area contributed by atoms with Crippen molar-refractivity contribution >= 4 is 28.9 Å². The zero-order chi connectivity index (χ0) is 15.5. The van der Waals surface area contributed by atoms with E-state index in [4.69, 9.17) is 16.3 Å². The largest absolute Gasteiger partial charge is 0.469 e. The molecule has 6 heteroatoms. The molecule has 1 heterocycles. The molecular weight excluding hydrogens is 320 g/mol. The van der Waals surface area contributed by atoms with Crippen molar-refractivity contribution in [2.24, 2.45) is 5.92 Å². The number of hydrogen-bond donors (Lipinski definition) is 0. The van der Waals surface area contributed by atoms with Crippen molar-refractivity contribution in [3.8, 4) is 10.6 Å². The maximum atomic E-state index is 11.6. The molecule has 2 aromatic rings. The Balaban J connectivity index is 1.67. The van der Waals surface area contributed by atoms with Gasteiger partial charge in [-0.15, -0.1) is 10.2 Å². The molecule has 3 rings (SSSR count). The first kappa shape index (κ1) is 15.4. The van der Waals surface area contributed by atoms with Gasteiger partial charge in [0.1, 0.15) is 10.0 Å². The molecule has 1 aliphatic carbocycles. The van der Waals surface area contributed by atoms with Crippen LogP contribution in [0.15, 0.2) is 24.3 Å². The highest BCUT2D eigenvalue weighted by Gasteiger charge is 2.29. The molecule has 116 valence electrons. The average molecular weight is 337 g/mol. The zero-order valence-corrected chi connectivity index (χ0v) is 13.9. The van der Waals surface area contributed by atoms with Crippen LogP contribution in [-0.2, 0) is 9.53 Å². The summed E-state index contributed by atoms with van der Waals surface area (Å²) in [7, 11) is 1.46. The van der Waals surface area contributed by atoms with Gasteiger partial charge in [-0.2, -0.15) is 0 Å². The van der Waals surface area contributed by atoms with E-state index in [0.29, 0.717) is 5.92 Å². The molecule has 0 amide bonds. The number of rotatable bonds is 3. The van der Waals surface area contributed by atoms with Gasteiger partial charge in [-0.3, -0.25) is 4.79 Å². The van der Waals surface area contributed by atoms with Crippen LogP contribution in [0.1, 0.15) is 36.6 Å². The van der Waals surface area contributed by atoms with E-state index in [0.717, 1.165) is 46.3 Å². The Kier molecular flexibility index (Phi) is 4.74. The molecule has 1 fully saturated rings. The molecule has 0 aliphatic heterocycles. The Labute approximate surface area is 138 Å². The van der Waals surface area contributed by atoms with Gasteiger partial charge in [0.05, 0.1) is 13.0 Å². The van der Waals surface area contributed by atoms with Gasteiger partial charge in [0.2, 0.25) is 0 Å². The first-order valence-corrected chi connectivity index (χ1v) is 8.54. The van der Waals surface area contributed by atoms with E-state index in [2.05, 4.69) is 10.2 Å². The Hall–Kier alpha value is -1.46. The van der Waals surface area contributed by atoms with E-state index < -0.39 is 0 Å². The summed E-state index contributed by atoms with van der Waals surface area (Å²) in [6.45, 7) is 0. The third-order valence-electron chi connectivity index (χ3n) is 4.14. The van der Waals surface area contributed by atoms with Gasteiger partial charge < -0.3 is 4.74 Å². The number of ether oxygens (including phenoxy) is 1. The van der Waals surface area contributed by atoms with Crippen LogP contribution in [0, 0.1) is 5.92 Å². The molecule has 0 bridgehead atoms. The first-order chi connectivity index (χ1) is 10.7. The third-order valence-corrected chi connectivity index (χ3v) is 5.53. The van der Waals surface area contributed by atoms with E-state index in [1.807, 2.05) is 24.3 Å². The van der Waals surface area contributed by atoms with Crippen molar-refractivity contribution in [3.05, 3.63) is 34.3 Å². The highest BCUT2D eigenvalue weighted by atomic mass is 35.5. The monoisotopic (exact) mass is 336 g/mol. The second kappa shape index (κ2) is 6.75. The molecule has 1 saturated carbocycles. The van der Waals surface area contributed by atoms with Gasteiger partial charge >= 0.3 is 5.97 Å². The summed E-state index contributed by atoms with van der Waals surface area (Å²) in [5, 5.41) is 11.3. The maximum Gasteiger partial charge on any atom is 0.308 e. The van der Waals surface area contributed by atoms with Crippen LogP contribution >= 0.6 is 22.9 Å². The topological polar surface area (TPSA) is 52.1 Å². The van der Waals surface area contributed by atoms with Crippen molar-refractivity contribution < 1.29 is 9.53 Å². The second-order valence-electron chi connectivity index (χ2n) is 5.52. The van der Waals surface area contributed by atoms with Gasteiger partial charge in [0, 0.05) is 16.5 Å². The lowest BCUT2D eigenvalue weighted by molar-refractivity contribution is -0.146. The van der Waals surface area contributed by atoms with Gasteiger partial charge in [0.15, 0.2) is 0 Å². The maximum absolute atomic E-state index is 11.6. The number of aromatic nitrogens is 2. The van der Waals surface area contributed by atoms with Crippen LogP contribution in [0.2, 0.25) is 5.02 Å². The quantitative estimate of drug-likeness (QED) is 0.784. The molecule has 0 N–H and O–H groups in total.